The normalized spacial score (nSPS) is 17.5. The monoisotopic (exact) mass is 233 g/mol. The molecule has 1 saturated carbocycles. The highest BCUT2D eigenvalue weighted by molar-refractivity contribution is 5.29. The first-order valence-electron chi connectivity index (χ1n) is 6.73. The van der Waals surface area contributed by atoms with Crippen molar-refractivity contribution in [3.63, 3.8) is 0 Å². The second kappa shape index (κ2) is 6.06. The van der Waals surface area contributed by atoms with Gasteiger partial charge in [-0.3, -0.25) is 0 Å². The average molecular weight is 233 g/mol. The highest BCUT2D eigenvalue weighted by atomic mass is 16.5. The highest BCUT2D eigenvalue weighted by Gasteiger charge is 2.17. The molecule has 0 radical (unpaired) electrons. The zero-order chi connectivity index (χ0) is 12.1. The summed E-state index contributed by atoms with van der Waals surface area (Å²) in [5.74, 6) is 1.81. The zero-order valence-corrected chi connectivity index (χ0v) is 10.9. The fraction of sp³-hybridized carbons (Fsp3) is 0.600. The second-order valence-electron chi connectivity index (χ2n) is 4.93. The summed E-state index contributed by atoms with van der Waals surface area (Å²) < 4.78 is 5.79. The largest absolute Gasteiger partial charge is 0.493 e. The van der Waals surface area contributed by atoms with Crippen LogP contribution < -0.4 is 10.1 Å². The summed E-state index contributed by atoms with van der Waals surface area (Å²) in [4.78, 5) is 0. The Morgan fingerprint density at radius 1 is 1.29 bits per heavy atom. The molecule has 1 aliphatic rings. The predicted octanol–water partition coefficient (Wildman–Crippen LogP) is 3.54. The van der Waals surface area contributed by atoms with Gasteiger partial charge in [-0.1, -0.05) is 25.5 Å². The van der Waals surface area contributed by atoms with Crippen LogP contribution in [0.3, 0.4) is 0 Å². The molecular formula is C15H23NO. The Morgan fingerprint density at radius 2 is 2.00 bits per heavy atom. The lowest BCUT2D eigenvalue weighted by molar-refractivity contribution is 0.180. The molecule has 1 fully saturated rings. The van der Waals surface area contributed by atoms with E-state index in [9.17, 15) is 0 Å². The number of benzene rings is 1. The van der Waals surface area contributed by atoms with Gasteiger partial charge < -0.3 is 10.1 Å². The van der Waals surface area contributed by atoms with E-state index in [0.29, 0.717) is 6.04 Å². The smallest absolute Gasteiger partial charge is 0.119 e. The lowest BCUT2D eigenvalue weighted by atomic mass is 9.86. The Kier molecular flexibility index (Phi) is 4.43. The van der Waals surface area contributed by atoms with E-state index in [1.165, 1.54) is 24.8 Å². The quantitative estimate of drug-likeness (QED) is 0.811. The van der Waals surface area contributed by atoms with Crippen molar-refractivity contribution in [3.05, 3.63) is 29.8 Å². The minimum Gasteiger partial charge on any atom is -0.493 e. The van der Waals surface area contributed by atoms with Gasteiger partial charge in [0.15, 0.2) is 0 Å². The molecule has 1 atom stereocenters. The van der Waals surface area contributed by atoms with E-state index >= 15 is 0 Å². The molecule has 1 aliphatic carbocycles. The molecule has 2 nitrogen and oxygen atoms in total. The first kappa shape index (κ1) is 12.4. The van der Waals surface area contributed by atoms with Crippen molar-refractivity contribution in [2.24, 2.45) is 5.92 Å². The van der Waals surface area contributed by atoms with E-state index in [-0.39, 0.29) is 0 Å². The van der Waals surface area contributed by atoms with Crippen LogP contribution in [-0.2, 0) is 0 Å². The van der Waals surface area contributed by atoms with Crippen molar-refractivity contribution in [2.45, 2.75) is 38.6 Å². The third kappa shape index (κ3) is 3.22. The van der Waals surface area contributed by atoms with E-state index in [1.807, 2.05) is 7.05 Å². The molecule has 94 valence electrons. The Hall–Kier alpha value is -1.02. The van der Waals surface area contributed by atoms with Crippen LogP contribution in [0.5, 0.6) is 5.75 Å². The first-order chi connectivity index (χ1) is 8.33. The van der Waals surface area contributed by atoms with E-state index in [4.69, 9.17) is 4.74 Å². The molecule has 1 aromatic rings. The molecule has 0 spiro atoms. The Bertz CT molecular complexity index is 325. The van der Waals surface area contributed by atoms with Crippen molar-refractivity contribution >= 4 is 0 Å². The van der Waals surface area contributed by atoms with Crippen molar-refractivity contribution in [1.29, 1.82) is 0 Å². The van der Waals surface area contributed by atoms with Gasteiger partial charge in [0.05, 0.1) is 6.61 Å². The molecule has 0 amide bonds. The molecule has 0 aromatic heterocycles. The Labute approximate surface area is 104 Å². The van der Waals surface area contributed by atoms with E-state index < -0.39 is 0 Å². The molecule has 2 heteroatoms. The summed E-state index contributed by atoms with van der Waals surface area (Å²) in [6.45, 7) is 3.09. The summed E-state index contributed by atoms with van der Waals surface area (Å²) in [6, 6.07) is 8.97. The van der Waals surface area contributed by atoms with Crippen LogP contribution in [0.15, 0.2) is 24.3 Å². The van der Waals surface area contributed by atoms with Crippen LogP contribution in [0.1, 0.15) is 44.2 Å². The van der Waals surface area contributed by atoms with Crippen LogP contribution >= 0.6 is 0 Å². The summed E-state index contributed by atoms with van der Waals surface area (Å²) in [5.41, 5.74) is 1.34. The van der Waals surface area contributed by atoms with Gasteiger partial charge >= 0.3 is 0 Å². The van der Waals surface area contributed by atoms with E-state index in [0.717, 1.165) is 24.7 Å². The highest BCUT2D eigenvalue weighted by Crippen LogP contribution is 2.27. The molecule has 0 saturated heterocycles. The van der Waals surface area contributed by atoms with Crippen LogP contribution in [0.2, 0.25) is 0 Å². The van der Waals surface area contributed by atoms with Gasteiger partial charge in [-0.25, -0.2) is 0 Å². The maximum absolute atomic E-state index is 5.79. The number of hydrogen-bond donors (Lipinski definition) is 1. The van der Waals surface area contributed by atoms with Gasteiger partial charge in [0.1, 0.15) is 5.75 Å². The van der Waals surface area contributed by atoms with Gasteiger partial charge in [-0.05, 0) is 49.9 Å². The van der Waals surface area contributed by atoms with Crippen LogP contribution in [0, 0.1) is 5.92 Å². The molecule has 17 heavy (non-hydrogen) atoms. The van der Waals surface area contributed by atoms with Crippen molar-refractivity contribution < 1.29 is 4.74 Å². The maximum atomic E-state index is 5.79. The molecule has 0 heterocycles. The predicted molar refractivity (Wildman–Crippen MR) is 71.4 cm³/mol. The fourth-order valence-corrected chi connectivity index (χ4v) is 2.28. The third-order valence-corrected chi connectivity index (χ3v) is 3.75. The number of rotatable bonds is 6. The van der Waals surface area contributed by atoms with Gasteiger partial charge in [0.2, 0.25) is 0 Å². The summed E-state index contributed by atoms with van der Waals surface area (Å²) in [5, 5.41) is 3.32. The van der Waals surface area contributed by atoms with Crippen LogP contribution in [0.25, 0.3) is 0 Å². The molecule has 1 unspecified atom stereocenters. The standard InChI is InChI=1S/C15H23NO/c1-3-15(16-2)13-7-9-14(10-8-13)17-11-12-5-4-6-12/h7-10,12,15-16H,3-6,11H2,1-2H3. The Balaban J connectivity index is 1.87. The fourth-order valence-electron chi connectivity index (χ4n) is 2.28. The lowest BCUT2D eigenvalue weighted by Crippen LogP contribution is -2.19. The molecular weight excluding hydrogens is 210 g/mol. The van der Waals surface area contributed by atoms with Crippen molar-refractivity contribution in [3.8, 4) is 5.75 Å². The van der Waals surface area contributed by atoms with Crippen LogP contribution in [0.4, 0.5) is 0 Å². The van der Waals surface area contributed by atoms with Gasteiger partial charge in [-0.15, -0.1) is 0 Å². The average Bonchev–Trinajstić information content (AvgIpc) is 2.30. The minimum atomic E-state index is 0.454. The molecule has 0 aliphatic heterocycles. The number of ether oxygens (including phenoxy) is 1. The van der Waals surface area contributed by atoms with Gasteiger partial charge in [0, 0.05) is 6.04 Å². The molecule has 2 rings (SSSR count). The number of nitrogens with one attached hydrogen (secondary N) is 1. The molecule has 1 N–H and O–H groups in total. The second-order valence-corrected chi connectivity index (χ2v) is 4.93. The van der Waals surface area contributed by atoms with Crippen LogP contribution in [-0.4, -0.2) is 13.7 Å². The van der Waals surface area contributed by atoms with E-state index in [2.05, 4.69) is 36.5 Å². The minimum absolute atomic E-state index is 0.454. The van der Waals surface area contributed by atoms with Crippen molar-refractivity contribution in [2.75, 3.05) is 13.7 Å². The SMILES string of the molecule is CCC(NC)c1ccc(OCC2CCC2)cc1. The summed E-state index contributed by atoms with van der Waals surface area (Å²) in [6.07, 6.45) is 5.18. The topological polar surface area (TPSA) is 21.3 Å². The van der Waals surface area contributed by atoms with Crippen molar-refractivity contribution in [1.82, 2.24) is 5.32 Å². The third-order valence-electron chi connectivity index (χ3n) is 3.75. The van der Waals surface area contributed by atoms with Gasteiger partial charge in [-0.2, -0.15) is 0 Å². The van der Waals surface area contributed by atoms with Gasteiger partial charge in [0.25, 0.3) is 0 Å². The zero-order valence-electron chi connectivity index (χ0n) is 10.9. The number of hydrogen-bond acceptors (Lipinski definition) is 2. The molecule has 1 aromatic carbocycles. The summed E-state index contributed by atoms with van der Waals surface area (Å²) in [7, 11) is 2.01. The lowest BCUT2D eigenvalue weighted by Gasteiger charge is -2.25. The molecule has 0 bridgehead atoms. The Morgan fingerprint density at radius 3 is 2.47 bits per heavy atom. The maximum Gasteiger partial charge on any atom is 0.119 e. The summed E-state index contributed by atoms with van der Waals surface area (Å²) >= 11 is 0. The van der Waals surface area contributed by atoms with E-state index in [1.54, 1.807) is 0 Å². The first-order valence-corrected chi connectivity index (χ1v) is 6.73.